The normalized spacial score (nSPS) is 20.1. The summed E-state index contributed by atoms with van der Waals surface area (Å²) in [6, 6.07) is 5.85. The molecule has 2 unspecified atom stereocenters. The van der Waals surface area contributed by atoms with Crippen molar-refractivity contribution in [1.29, 1.82) is 0 Å². The SMILES string of the molecule is CNC(c1ccc2c(c1)NC(=O)C(C)O2)N(C)C. The van der Waals surface area contributed by atoms with Crippen molar-refractivity contribution in [2.24, 2.45) is 0 Å². The zero-order valence-electron chi connectivity index (χ0n) is 11.2. The minimum absolute atomic E-state index is 0.103. The van der Waals surface area contributed by atoms with Gasteiger partial charge in [0.05, 0.1) is 11.9 Å². The van der Waals surface area contributed by atoms with Crippen molar-refractivity contribution in [2.75, 3.05) is 26.5 Å². The first kappa shape index (κ1) is 12.9. The number of carbonyl (C=O) groups is 1. The highest BCUT2D eigenvalue weighted by Crippen LogP contribution is 2.32. The molecule has 0 spiro atoms. The lowest BCUT2D eigenvalue weighted by Crippen LogP contribution is -2.35. The van der Waals surface area contributed by atoms with Gasteiger partial charge < -0.3 is 15.4 Å². The van der Waals surface area contributed by atoms with Crippen LogP contribution in [0.3, 0.4) is 0 Å². The van der Waals surface area contributed by atoms with Crippen LogP contribution >= 0.6 is 0 Å². The first-order chi connectivity index (χ1) is 8.52. The van der Waals surface area contributed by atoms with Gasteiger partial charge in [-0.1, -0.05) is 6.07 Å². The first-order valence-electron chi connectivity index (χ1n) is 5.98. The van der Waals surface area contributed by atoms with E-state index < -0.39 is 6.10 Å². The Kier molecular flexibility index (Phi) is 3.54. The molecule has 5 nitrogen and oxygen atoms in total. The summed E-state index contributed by atoms with van der Waals surface area (Å²) in [5.74, 6) is 0.616. The average molecular weight is 249 g/mol. The lowest BCUT2D eigenvalue weighted by Gasteiger charge is -2.27. The Morgan fingerprint density at radius 3 is 2.78 bits per heavy atom. The van der Waals surface area contributed by atoms with Gasteiger partial charge in [-0.05, 0) is 45.8 Å². The maximum absolute atomic E-state index is 11.6. The molecule has 0 aromatic heterocycles. The Labute approximate surface area is 107 Å². The van der Waals surface area contributed by atoms with Crippen LogP contribution < -0.4 is 15.4 Å². The Balaban J connectivity index is 2.32. The molecule has 1 aromatic carbocycles. The van der Waals surface area contributed by atoms with Crippen molar-refractivity contribution in [2.45, 2.75) is 19.2 Å². The molecule has 2 atom stereocenters. The largest absolute Gasteiger partial charge is 0.479 e. The van der Waals surface area contributed by atoms with Gasteiger partial charge >= 0.3 is 0 Å². The van der Waals surface area contributed by atoms with Crippen molar-refractivity contribution in [3.05, 3.63) is 23.8 Å². The third-order valence-electron chi connectivity index (χ3n) is 3.04. The van der Waals surface area contributed by atoms with Crippen LogP contribution in [0.4, 0.5) is 5.69 Å². The fourth-order valence-electron chi connectivity index (χ4n) is 2.12. The zero-order chi connectivity index (χ0) is 13.3. The number of nitrogens with one attached hydrogen (secondary N) is 2. The van der Waals surface area contributed by atoms with Crippen LogP contribution in [-0.4, -0.2) is 38.1 Å². The zero-order valence-corrected chi connectivity index (χ0v) is 11.2. The third-order valence-corrected chi connectivity index (χ3v) is 3.04. The third kappa shape index (κ3) is 2.32. The topological polar surface area (TPSA) is 53.6 Å². The Morgan fingerprint density at radius 1 is 1.44 bits per heavy atom. The molecular formula is C13H19N3O2. The predicted molar refractivity (Wildman–Crippen MR) is 70.6 cm³/mol. The summed E-state index contributed by atoms with van der Waals surface area (Å²) in [5, 5.41) is 6.07. The highest BCUT2D eigenvalue weighted by atomic mass is 16.5. The van der Waals surface area contributed by atoms with E-state index in [0.717, 1.165) is 17.0 Å². The van der Waals surface area contributed by atoms with Crippen LogP contribution in [0.1, 0.15) is 18.7 Å². The number of hydrogen-bond donors (Lipinski definition) is 2. The fourth-order valence-corrected chi connectivity index (χ4v) is 2.12. The summed E-state index contributed by atoms with van der Waals surface area (Å²) in [4.78, 5) is 13.6. The first-order valence-corrected chi connectivity index (χ1v) is 5.98. The van der Waals surface area contributed by atoms with Crippen LogP contribution in [0.15, 0.2) is 18.2 Å². The fraction of sp³-hybridized carbons (Fsp3) is 0.462. The summed E-state index contributed by atoms with van der Waals surface area (Å²) < 4.78 is 5.53. The molecule has 0 bridgehead atoms. The minimum atomic E-state index is -0.433. The minimum Gasteiger partial charge on any atom is -0.479 e. The van der Waals surface area contributed by atoms with Crippen LogP contribution in [0.5, 0.6) is 5.75 Å². The summed E-state index contributed by atoms with van der Waals surface area (Å²) in [5.41, 5.74) is 1.82. The van der Waals surface area contributed by atoms with Gasteiger partial charge in [0.15, 0.2) is 6.10 Å². The lowest BCUT2D eigenvalue weighted by atomic mass is 10.1. The van der Waals surface area contributed by atoms with Gasteiger partial charge in [0.25, 0.3) is 5.91 Å². The number of carbonyl (C=O) groups excluding carboxylic acids is 1. The Morgan fingerprint density at radius 2 is 2.17 bits per heavy atom. The molecule has 0 fully saturated rings. The average Bonchev–Trinajstić information content (AvgIpc) is 2.31. The number of rotatable bonds is 3. The van der Waals surface area contributed by atoms with E-state index in [4.69, 9.17) is 4.74 Å². The molecule has 1 aromatic rings. The standard InChI is InChI=1S/C13H19N3O2/c1-8-13(17)15-10-7-9(5-6-11(10)18-8)12(14-2)16(3)4/h5-8,12,14H,1-4H3,(H,15,17). The second-order valence-electron chi connectivity index (χ2n) is 4.66. The van der Waals surface area contributed by atoms with E-state index in [0.29, 0.717) is 0 Å². The summed E-state index contributed by atoms with van der Waals surface area (Å²) >= 11 is 0. The van der Waals surface area contributed by atoms with E-state index in [2.05, 4.69) is 15.5 Å². The molecule has 5 heteroatoms. The van der Waals surface area contributed by atoms with Crippen molar-refractivity contribution in [3.63, 3.8) is 0 Å². The van der Waals surface area contributed by atoms with Gasteiger partial charge in [0.2, 0.25) is 0 Å². The van der Waals surface area contributed by atoms with Gasteiger partial charge in [-0.15, -0.1) is 0 Å². The number of ether oxygens (including phenoxy) is 1. The second kappa shape index (κ2) is 4.96. The van der Waals surface area contributed by atoms with Crippen molar-refractivity contribution >= 4 is 11.6 Å². The molecule has 1 heterocycles. The molecule has 2 rings (SSSR count). The second-order valence-corrected chi connectivity index (χ2v) is 4.66. The molecule has 2 N–H and O–H groups in total. The van der Waals surface area contributed by atoms with Gasteiger partial charge in [0.1, 0.15) is 5.75 Å². The molecule has 0 radical (unpaired) electrons. The van der Waals surface area contributed by atoms with E-state index >= 15 is 0 Å². The maximum atomic E-state index is 11.6. The van der Waals surface area contributed by atoms with Crippen molar-refractivity contribution < 1.29 is 9.53 Å². The lowest BCUT2D eigenvalue weighted by molar-refractivity contribution is -0.122. The highest BCUT2D eigenvalue weighted by molar-refractivity contribution is 5.97. The molecule has 1 amide bonds. The molecule has 0 aliphatic carbocycles. The summed E-state index contributed by atoms with van der Waals surface area (Å²) in [7, 11) is 5.90. The van der Waals surface area contributed by atoms with E-state index in [-0.39, 0.29) is 12.1 Å². The Hall–Kier alpha value is -1.59. The van der Waals surface area contributed by atoms with Gasteiger partial charge in [-0.25, -0.2) is 0 Å². The quantitative estimate of drug-likeness (QED) is 0.790. The number of fused-ring (bicyclic) bond motifs is 1. The molecule has 1 aliphatic rings. The van der Waals surface area contributed by atoms with E-state index in [1.54, 1.807) is 6.92 Å². The predicted octanol–water partition coefficient (Wildman–Crippen LogP) is 1.19. The molecule has 0 saturated carbocycles. The summed E-state index contributed by atoms with van der Waals surface area (Å²) in [6.07, 6.45) is -0.330. The number of nitrogens with zero attached hydrogens (tertiary/aromatic N) is 1. The van der Waals surface area contributed by atoms with Crippen LogP contribution in [0.2, 0.25) is 0 Å². The number of benzene rings is 1. The molecule has 1 aliphatic heterocycles. The summed E-state index contributed by atoms with van der Waals surface area (Å²) in [6.45, 7) is 1.74. The maximum Gasteiger partial charge on any atom is 0.265 e. The molecular weight excluding hydrogens is 230 g/mol. The van der Waals surface area contributed by atoms with Crippen molar-refractivity contribution in [3.8, 4) is 5.75 Å². The number of hydrogen-bond acceptors (Lipinski definition) is 4. The van der Waals surface area contributed by atoms with Crippen LogP contribution in [0, 0.1) is 0 Å². The molecule has 0 saturated heterocycles. The molecule has 18 heavy (non-hydrogen) atoms. The van der Waals surface area contributed by atoms with E-state index in [1.807, 2.05) is 39.3 Å². The van der Waals surface area contributed by atoms with Crippen LogP contribution in [-0.2, 0) is 4.79 Å². The van der Waals surface area contributed by atoms with Crippen LogP contribution in [0.25, 0.3) is 0 Å². The van der Waals surface area contributed by atoms with Crippen molar-refractivity contribution in [1.82, 2.24) is 10.2 Å². The monoisotopic (exact) mass is 249 g/mol. The Bertz CT molecular complexity index is 460. The molecule has 98 valence electrons. The number of amides is 1. The highest BCUT2D eigenvalue weighted by Gasteiger charge is 2.24. The van der Waals surface area contributed by atoms with Gasteiger partial charge in [-0.3, -0.25) is 9.69 Å². The smallest absolute Gasteiger partial charge is 0.265 e. The van der Waals surface area contributed by atoms with E-state index in [9.17, 15) is 4.79 Å². The number of anilines is 1. The van der Waals surface area contributed by atoms with Gasteiger partial charge in [-0.2, -0.15) is 0 Å². The van der Waals surface area contributed by atoms with Gasteiger partial charge in [0, 0.05) is 0 Å². The van der Waals surface area contributed by atoms with E-state index in [1.165, 1.54) is 0 Å².